The molecule has 4 N–H and O–H groups in total. The largest absolute Gasteiger partial charge is 0.481 e. The number of likely N-dealkylation sites (tertiary alicyclic amines) is 1. The van der Waals surface area contributed by atoms with Gasteiger partial charge in [-0.05, 0) is 49.6 Å². The number of amides is 4. The molecule has 4 amide bonds. The van der Waals surface area contributed by atoms with Crippen LogP contribution in [-0.4, -0.2) is 52.4 Å². The minimum atomic E-state index is -0.988. The van der Waals surface area contributed by atoms with Crippen molar-refractivity contribution < 1.29 is 24.3 Å². The van der Waals surface area contributed by atoms with Crippen LogP contribution in [0, 0.1) is 0 Å². The highest BCUT2D eigenvalue weighted by molar-refractivity contribution is 5.99. The SMILES string of the molecule is C[C@H](CC(=O)O)NC(=O)[C@@H]1CCCN1C(=O)Cc1ccc(NC(=O)Nc2ccccc2)cc1. The van der Waals surface area contributed by atoms with Crippen molar-refractivity contribution in [3.8, 4) is 0 Å². The van der Waals surface area contributed by atoms with Gasteiger partial charge in [-0.15, -0.1) is 0 Å². The molecule has 0 aromatic heterocycles. The number of carboxylic acids is 1. The lowest BCUT2D eigenvalue weighted by molar-refractivity contribution is -0.140. The number of carbonyl (C=O) groups is 4. The van der Waals surface area contributed by atoms with Crippen LogP contribution >= 0.6 is 0 Å². The van der Waals surface area contributed by atoms with Crippen molar-refractivity contribution in [3.05, 3.63) is 60.2 Å². The Labute approximate surface area is 192 Å². The summed E-state index contributed by atoms with van der Waals surface area (Å²) in [6.07, 6.45) is 1.23. The Morgan fingerprint density at radius 3 is 2.27 bits per heavy atom. The molecule has 1 fully saturated rings. The first-order valence-corrected chi connectivity index (χ1v) is 10.9. The van der Waals surface area contributed by atoms with Gasteiger partial charge in [0.1, 0.15) is 6.04 Å². The molecule has 33 heavy (non-hydrogen) atoms. The quantitative estimate of drug-likeness (QED) is 0.490. The number of hydrogen-bond acceptors (Lipinski definition) is 4. The molecule has 0 saturated carbocycles. The first-order valence-electron chi connectivity index (χ1n) is 10.9. The molecule has 2 aromatic rings. The molecule has 2 atom stereocenters. The van der Waals surface area contributed by atoms with Crippen LogP contribution in [0.15, 0.2) is 54.6 Å². The summed E-state index contributed by atoms with van der Waals surface area (Å²) in [4.78, 5) is 49.8. The fourth-order valence-electron chi connectivity index (χ4n) is 3.79. The molecule has 0 radical (unpaired) electrons. The second kappa shape index (κ2) is 11.1. The molecule has 0 bridgehead atoms. The first kappa shape index (κ1) is 23.8. The van der Waals surface area contributed by atoms with Gasteiger partial charge in [0.2, 0.25) is 11.8 Å². The summed E-state index contributed by atoms with van der Waals surface area (Å²) in [7, 11) is 0. The molecular formula is C24H28N4O5. The Kier molecular flexibility index (Phi) is 8.01. The van der Waals surface area contributed by atoms with Gasteiger partial charge in [-0.25, -0.2) is 4.79 Å². The molecule has 2 aromatic carbocycles. The van der Waals surface area contributed by atoms with Gasteiger partial charge in [-0.2, -0.15) is 0 Å². The van der Waals surface area contributed by atoms with Crippen LogP contribution in [0.2, 0.25) is 0 Å². The molecule has 0 aliphatic carbocycles. The fraction of sp³-hybridized carbons (Fsp3) is 0.333. The number of nitrogens with one attached hydrogen (secondary N) is 3. The van der Waals surface area contributed by atoms with E-state index < -0.39 is 18.1 Å². The highest BCUT2D eigenvalue weighted by Crippen LogP contribution is 2.20. The van der Waals surface area contributed by atoms with Crippen LogP contribution in [0.25, 0.3) is 0 Å². The summed E-state index contributed by atoms with van der Waals surface area (Å²) in [6, 6.07) is 14.6. The molecule has 9 nitrogen and oxygen atoms in total. The van der Waals surface area contributed by atoms with E-state index in [1.54, 1.807) is 48.2 Å². The van der Waals surface area contributed by atoms with Crippen LogP contribution < -0.4 is 16.0 Å². The summed E-state index contributed by atoms with van der Waals surface area (Å²) in [5.41, 5.74) is 2.03. The van der Waals surface area contributed by atoms with Gasteiger partial charge in [-0.1, -0.05) is 30.3 Å². The lowest BCUT2D eigenvalue weighted by Gasteiger charge is -2.25. The van der Waals surface area contributed by atoms with Crippen LogP contribution in [0.5, 0.6) is 0 Å². The maximum atomic E-state index is 12.8. The summed E-state index contributed by atoms with van der Waals surface area (Å²) in [6.45, 7) is 2.12. The zero-order valence-electron chi connectivity index (χ0n) is 18.4. The number of urea groups is 1. The molecule has 1 heterocycles. The van der Waals surface area contributed by atoms with E-state index in [9.17, 15) is 19.2 Å². The molecule has 1 aliphatic heterocycles. The number of aliphatic carboxylic acids is 1. The minimum absolute atomic E-state index is 0.130. The number of nitrogens with zero attached hydrogens (tertiary/aromatic N) is 1. The van der Waals surface area contributed by atoms with E-state index >= 15 is 0 Å². The second-order valence-corrected chi connectivity index (χ2v) is 8.07. The molecule has 0 unspecified atom stereocenters. The van der Waals surface area contributed by atoms with Gasteiger partial charge in [0.05, 0.1) is 12.8 Å². The van der Waals surface area contributed by atoms with Gasteiger partial charge in [0.25, 0.3) is 0 Å². The topological polar surface area (TPSA) is 128 Å². The van der Waals surface area contributed by atoms with Crippen molar-refractivity contribution >= 4 is 35.2 Å². The van der Waals surface area contributed by atoms with E-state index in [-0.39, 0.29) is 30.7 Å². The third-order valence-electron chi connectivity index (χ3n) is 5.34. The number of carboxylic acid groups (broad SMARTS) is 1. The van der Waals surface area contributed by atoms with Gasteiger partial charge in [0, 0.05) is 24.0 Å². The van der Waals surface area contributed by atoms with E-state index in [1.807, 2.05) is 18.2 Å². The third-order valence-corrected chi connectivity index (χ3v) is 5.34. The molecule has 1 aliphatic rings. The van der Waals surface area contributed by atoms with Gasteiger partial charge >= 0.3 is 12.0 Å². The lowest BCUT2D eigenvalue weighted by atomic mass is 10.1. The number of hydrogen-bond donors (Lipinski definition) is 4. The van der Waals surface area contributed by atoms with Gasteiger partial charge < -0.3 is 26.0 Å². The van der Waals surface area contributed by atoms with E-state index in [0.717, 1.165) is 12.0 Å². The molecule has 0 spiro atoms. The zero-order chi connectivity index (χ0) is 23.8. The van der Waals surface area contributed by atoms with Gasteiger partial charge in [-0.3, -0.25) is 14.4 Å². The average Bonchev–Trinajstić information content (AvgIpc) is 3.25. The molecule has 174 valence electrons. The van der Waals surface area contributed by atoms with Crippen molar-refractivity contribution in [1.82, 2.24) is 10.2 Å². The Hall–Kier alpha value is -3.88. The summed E-state index contributed by atoms with van der Waals surface area (Å²) in [5.74, 6) is -1.47. The number of benzene rings is 2. The number of para-hydroxylation sites is 1. The van der Waals surface area contributed by atoms with Crippen molar-refractivity contribution in [2.75, 3.05) is 17.2 Å². The smallest absolute Gasteiger partial charge is 0.323 e. The van der Waals surface area contributed by atoms with Crippen molar-refractivity contribution in [3.63, 3.8) is 0 Å². The summed E-state index contributed by atoms with van der Waals surface area (Å²) < 4.78 is 0. The van der Waals surface area contributed by atoms with E-state index in [0.29, 0.717) is 24.3 Å². The van der Waals surface area contributed by atoms with Crippen molar-refractivity contribution in [1.29, 1.82) is 0 Å². The van der Waals surface area contributed by atoms with Gasteiger partial charge in [0.15, 0.2) is 0 Å². The normalized spacial score (nSPS) is 16.0. The molecule has 9 heteroatoms. The van der Waals surface area contributed by atoms with E-state index in [4.69, 9.17) is 5.11 Å². The van der Waals surface area contributed by atoms with Crippen molar-refractivity contribution in [2.24, 2.45) is 0 Å². The van der Waals surface area contributed by atoms with Crippen molar-refractivity contribution in [2.45, 2.75) is 44.7 Å². The van der Waals surface area contributed by atoms with E-state index in [2.05, 4.69) is 16.0 Å². The molecule has 1 saturated heterocycles. The molecule has 3 rings (SSSR count). The van der Waals surface area contributed by atoms with Crippen LogP contribution in [-0.2, 0) is 20.8 Å². The maximum absolute atomic E-state index is 12.8. The van der Waals surface area contributed by atoms with Crippen LogP contribution in [0.3, 0.4) is 0 Å². The zero-order valence-corrected chi connectivity index (χ0v) is 18.4. The Balaban J connectivity index is 1.52. The number of rotatable bonds is 8. The monoisotopic (exact) mass is 452 g/mol. The first-order chi connectivity index (χ1) is 15.8. The Morgan fingerprint density at radius 2 is 1.64 bits per heavy atom. The summed E-state index contributed by atoms with van der Waals surface area (Å²) >= 11 is 0. The highest BCUT2D eigenvalue weighted by atomic mass is 16.4. The van der Waals surface area contributed by atoms with Crippen LogP contribution in [0.4, 0.5) is 16.2 Å². The summed E-state index contributed by atoms with van der Waals surface area (Å²) in [5, 5.41) is 17.0. The third kappa shape index (κ3) is 7.06. The number of carbonyl (C=O) groups excluding carboxylic acids is 3. The maximum Gasteiger partial charge on any atom is 0.323 e. The van der Waals surface area contributed by atoms with Crippen LogP contribution in [0.1, 0.15) is 31.7 Å². The minimum Gasteiger partial charge on any atom is -0.481 e. The molecular weight excluding hydrogens is 424 g/mol. The standard InChI is InChI=1S/C24H28N4O5/c1-16(14-22(30)31)25-23(32)20-8-5-13-28(20)21(29)15-17-9-11-19(12-10-17)27-24(33)26-18-6-3-2-4-7-18/h2-4,6-7,9-12,16,20H,5,8,13-15H2,1H3,(H,25,32)(H,30,31)(H2,26,27,33)/t16-,20+/m1/s1. The van der Waals surface area contributed by atoms with E-state index in [1.165, 1.54) is 0 Å². The fourth-order valence-corrected chi connectivity index (χ4v) is 3.79. The average molecular weight is 453 g/mol. The highest BCUT2D eigenvalue weighted by Gasteiger charge is 2.34. The Morgan fingerprint density at radius 1 is 1.00 bits per heavy atom. The lowest BCUT2D eigenvalue weighted by Crippen LogP contribution is -2.49. The second-order valence-electron chi connectivity index (χ2n) is 8.07. The predicted molar refractivity (Wildman–Crippen MR) is 124 cm³/mol. The Bertz CT molecular complexity index is 994. The number of anilines is 2. The predicted octanol–water partition coefficient (Wildman–Crippen LogP) is 2.84.